The second kappa shape index (κ2) is 5.26. The first-order valence-corrected chi connectivity index (χ1v) is 5.27. The molecule has 0 fully saturated rings. The molecule has 0 atom stereocenters. The van der Waals surface area contributed by atoms with Gasteiger partial charge in [0.1, 0.15) is 0 Å². The van der Waals surface area contributed by atoms with Crippen LogP contribution in [0.4, 0.5) is 20.2 Å². The second-order valence-corrected chi connectivity index (χ2v) is 3.95. The van der Waals surface area contributed by atoms with Crippen molar-refractivity contribution >= 4 is 27.3 Å². The van der Waals surface area contributed by atoms with E-state index in [2.05, 4.69) is 26.0 Å². The van der Waals surface area contributed by atoms with Gasteiger partial charge in [-0.3, -0.25) is 10.1 Å². The van der Waals surface area contributed by atoms with Gasteiger partial charge in [0.05, 0.1) is 4.92 Å². The Kier molecular flexibility index (Phi) is 4.22. The summed E-state index contributed by atoms with van der Waals surface area (Å²) in [5.41, 5.74) is -0.0329. The van der Waals surface area contributed by atoms with E-state index < -0.39 is 11.5 Å². The summed E-state index contributed by atoms with van der Waals surface area (Å²) < 4.78 is 28.9. The van der Waals surface area contributed by atoms with E-state index in [1.54, 1.807) is 0 Å². The van der Waals surface area contributed by atoms with Crippen molar-refractivity contribution in [2.75, 3.05) is 12.4 Å². The summed E-state index contributed by atoms with van der Waals surface area (Å²) in [6.45, 7) is -1.54. The molecule has 0 amide bonds. The summed E-state index contributed by atoms with van der Waals surface area (Å²) in [7, 11) is 1.40. The quantitative estimate of drug-likeness (QED) is 0.684. The van der Waals surface area contributed by atoms with Crippen LogP contribution in [0.3, 0.4) is 0 Å². The average Bonchev–Trinajstić information content (AvgIpc) is 2.21. The van der Waals surface area contributed by atoms with E-state index >= 15 is 0 Å². The molecule has 17 heavy (non-hydrogen) atoms. The van der Waals surface area contributed by atoms with E-state index in [9.17, 15) is 18.9 Å². The molecule has 5 nitrogen and oxygen atoms in total. The van der Waals surface area contributed by atoms with Crippen molar-refractivity contribution in [2.45, 2.75) is 13.5 Å². The molecular weight excluding hydrogens is 302 g/mol. The second-order valence-electron chi connectivity index (χ2n) is 3.09. The minimum Gasteiger partial charge on any atom is -0.432 e. The van der Waals surface area contributed by atoms with Gasteiger partial charge in [0.15, 0.2) is 11.4 Å². The molecule has 0 spiro atoms. The van der Waals surface area contributed by atoms with Crippen LogP contribution in [0, 0.1) is 17.0 Å². The molecule has 0 aliphatic heterocycles. The average molecular weight is 311 g/mol. The zero-order valence-electron chi connectivity index (χ0n) is 8.96. The van der Waals surface area contributed by atoms with Crippen molar-refractivity contribution in [3.8, 4) is 5.75 Å². The van der Waals surface area contributed by atoms with Crippen LogP contribution in [0.5, 0.6) is 5.75 Å². The summed E-state index contributed by atoms with van der Waals surface area (Å²) in [6, 6.07) is 1.26. The minimum atomic E-state index is -3.05. The van der Waals surface area contributed by atoms with Gasteiger partial charge < -0.3 is 10.1 Å². The van der Waals surface area contributed by atoms with Gasteiger partial charge >= 0.3 is 6.61 Å². The zero-order chi connectivity index (χ0) is 13.2. The molecule has 94 valence electrons. The van der Waals surface area contributed by atoms with Crippen LogP contribution in [0.1, 0.15) is 5.56 Å². The Hall–Kier alpha value is -1.44. The minimum absolute atomic E-state index is 0.0731. The highest BCUT2D eigenvalue weighted by Crippen LogP contribution is 2.41. The van der Waals surface area contributed by atoms with Gasteiger partial charge in [0, 0.05) is 17.1 Å². The lowest BCUT2D eigenvalue weighted by atomic mass is 10.1. The number of halogens is 3. The Morgan fingerprint density at radius 1 is 1.59 bits per heavy atom. The van der Waals surface area contributed by atoms with Gasteiger partial charge in [-0.2, -0.15) is 8.78 Å². The number of benzene rings is 1. The van der Waals surface area contributed by atoms with Crippen molar-refractivity contribution in [3.63, 3.8) is 0 Å². The maximum Gasteiger partial charge on any atom is 0.387 e. The van der Waals surface area contributed by atoms with Crippen LogP contribution in [0.15, 0.2) is 10.5 Å². The SMILES string of the molecule is CNc1c(OC(F)F)cc(Br)c(C)c1[N+](=O)[O-]. The van der Waals surface area contributed by atoms with Gasteiger partial charge in [-0.25, -0.2) is 0 Å². The Bertz CT molecular complexity index is 454. The first kappa shape index (κ1) is 13.6. The number of nitro groups is 1. The van der Waals surface area contributed by atoms with Crippen molar-refractivity contribution in [1.82, 2.24) is 0 Å². The summed E-state index contributed by atoms with van der Waals surface area (Å²) in [5.74, 6) is -0.272. The van der Waals surface area contributed by atoms with Gasteiger partial charge in [-0.15, -0.1) is 0 Å². The monoisotopic (exact) mass is 310 g/mol. The predicted octanol–water partition coefficient (Wildman–Crippen LogP) is 3.31. The highest BCUT2D eigenvalue weighted by atomic mass is 79.9. The Balaban J connectivity index is 3.46. The smallest absolute Gasteiger partial charge is 0.387 e. The first-order chi connectivity index (χ1) is 7.88. The summed E-state index contributed by atoms with van der Waals surface area (Å²) >= 11 is 3.06. The molecule has 1 N–H and O–H groups in total. The van der Waals surface area contributed by atoms with E-state index in [1.165, 1.54) is 20.0 Å². The number of rotatable bonds is 4. The Labute approximate surface area is 104 Å². The summed E-state index contributed by atoms with van der Waals surface area (Å²) in [4.78, 5) is 10.2. The topological polar surface area (TPSA) is 64.4 Å². The Morgan fingerprint density at radius 2 is 2.18 bits per heavy atom. The van der Waals surface area contributed by atoms with Gasteiger partial charge in [-0.05, 0) is 13.0 Å². The van der Waals surface area contributed by atoms with Crippen LogP contribution in [0.2, 0.25) is 0 Å². The number of nitrogens with one attached hydrogen (secondary N) is 1. The van der Waals surface area contributed by atoms with E-state index in [1.807, 2.05) is 0 Å². The third-order valence-corrected chi connectivity index (χ3v) is 2.93. The van der Waals surface area contributed by atoms with Crippen LogP contribution < -0.4 is 10.1 Å². The maximum atomic E-state index is 12.2. The maximum absolute atomic E-state index is 12.2. The third-order valence-electron chi connectivity index (χ3n) is 2.10. The van der Waals surface area contributed by atoms with Gasteiger partial charge in [-0.1, -0.05) is 15.9 Å². The van der Waals surface area contributed by atoms with Gasteiger partial charge in [0.25, 0.3) is 5.69 Å². The molecule has 0 saturated carbocycles. The first-order valence-electron chi connectivity index (χ1n) is 4.48. The molecule has 0 heterocycles. The zero-order valence-corrected chi connectivity index (χ0v) is 10.5. The van der Waals surface area contributed by atoms with Gasteiger partial charge in [0.2, 0.25) is 0 Å². The highest BCUT2D eigenvalue weighted by Gasteiger charge is 2.25. The number of nitrogens with zero attached hydrogens (tertiary/aromatic N) is 1. The molecule has 1 aromatic rings. The number of alkyl halides is 2. The number of hydrogen-bond acceptors (Lipinski definition) is 4. The van der Waals surface area contributed by atoms with Crippen LogP contribution in [-0.4, -0.2) is 18.6 Å². The fourth-order valence-electron chi connectivity index (χ4n) is 1.37. The predicted molar refractivity (Wildman–Crippen MR) is 61.7 cm³/mol. The van der Waals surface area contributed by atoms with Crippen molar-refractivity contribution in [1.29, 1.82) is 0 Å². The van der Waals surface area contributed by atoms with E-state index in [0.717, 1.165) is 0 Å². The molecule has 1 rings (SSSR count). The van der Waals surface area contributed by atoms with E-state index in [0.29, 0.717) is 10.0 Å². The number of nitro benzene ring substituents is 1. The van der Waals surface area contributed by atoms with Crippen LogP contribution in [-0.2, 0) is 0 Å². The molecule has 0 aliphatic carbocycles. The lowest BCUT2D eigenvalue weighted by Gasteiger charge is -2.13. The lowest BCUT2D eigenvalue weighted by Crippen LogP contribution is -2.07. The van der Waals surface area contributed by atoms with E-state index in [-0.39, 0.29) is 17.1 Å². The number of anilines is 1. The molecule has 0 saturated heterocycles. The molecule has 0 aliphatic rings. The molecular formula is C9H9BrF2N2O3. The lowest BCUT2D eigenvalue weighted by molar-refractivity contribution is -0.384. The Morgan fingerprint density at radius 3 is 2.59 bits per heavy atom. The van der Waals surface area contributed by atoms with Crippen LogP contribution >= 0.6 is 15.9 Å². The third kappa shape index (κ3) is 2.82. The normalized spacial score (nSPS) is 10.5. The number of hydrogen-bond donors (Lipinski definition) is 1. The molecule has 0 radical (unpaired) electrons. The fourth-order valence-corrected chi connectivity index (χ4v) is 1.77. The number of ether oxygens (including phenoxy) is 1. The molecule has 0 bridgehead atoms. The van der Waals surface area contributed by atoms with Crippen molar-refractivity contribution in [3.05, 3.63) is 26.2 Å². The largest absolute Gasteiger partial charge is 0.432 e. The summed E-state index contributed by atoms with van der Waals surface area (Å²) in [6.07, 6.45) is 0. The van der Waals surface area contributed by atoms with Crippen molar-refractivity contribution in [2.24, 2.45) is 0 Å². The molecule has 8 heteroatoms. The standard InChI is InChI=1S/C9H9BrF2N2O3/c1-4-5(10)3-6(17-9(11)12)7(13-2)8(4)14(15)16/h3,9,13H,1-2H3. The van der Waals surface area contributed by atoms with E-state index in [4.69, 9.17) is 0 Å². The molecule has 0 unspecified atom stereocenters. The summed E-state index contributed by atoms with van der Waals surface area (Å²) in [5, 5.41) is 13.4. The van der Waals surface area contributed by atoms with Crippen molar-refractivity contribution < 1.29 is 18.4 Å². The highest BCUT2D eigenvalue weighted by molar-refractivity contribution is 9.10. The molecule has 0 aromatic heterocycles. The fraction of sp³-hybridized carbons (Fsp3) is 0.333. The van der Waals surface area contributed by atoms with Crippen LogP contribution in [0.25, 0.3) is 0 Å². The molecule has 1 aromatic carbocycles.